The first-order valence-electron chi connectivity index (χ1n) is 6.49. The van der Waals surface area contributed by atoms with Gasteiger partial charge in [-0.2, -0.15) is 0 Å². The molecule has 0 aliphatic rings. The van der Waals surface area contributed by atoms with Crippen LogP contribution in [0.25, 0.3) is 0 Å². The number of ether oxygens (including phenoxy) is 1. The highest BCUT2D eigenvalue weighted by Crippen LogP contribution is 2.29. The molecule has 5 heteroatoms. The number of carbonyl (C=O) groups is 1. The molecule has 0 spiro atoms. The molecule has 0 aliphatic carbocycles. The Kier molecular flexibility index (Phi) is 5.78. The van der Waals surface area contributed by atoms with Crippen LogP contribution in [0, 0.1) is 0 Å². The highest BCUT2D eigenvalue weighted by Gasteiger charge is 2.10. The lowest BCUT2D eigenvalue weighted by atomic mass is 10.1. The number of nitrogens with one attached hydrogen (secondary N) is 1. The van der Waals surface area contributed by atoms with E-state index < -0.39 is 6.10 Å². The topological polar surface area (TPSA) is 58.6 Å². The molecule has 0 radical (unpaired) electrons. The summed E-state index contributed by atoms with van der Waals surface area (Å²) in [6.07, 6.45) is -0.0324. The Morgan fingerprint density at radius 2 is 2.00 bits per heavy atom. The number of amides is 1. The van der Waals surface area contributed by atoms with Crippen LogP contribution in [0.2, 0.25) is 0 Å². The van der Waals surface area contributed by atoms with Crippen molar-refractivity contribution < 1.29 is 14.6 Å². The summed E-state index contributed by atoms with van der Waals surface area (Å²) in [5.74, 6) is 0.566. The molecule has 2 rings (SSSR count). The van der Waals surface area contributed by atoms with Crippen LogP contribution in [-0.2, 0) is 11.4 Å². The van der Waals surface area contributed by atoms with Crippen LogP contribution in [0.1, 0.15) is 17.2 Å². The van der Waals surface area contributed by atoms with Gasteiger partial charge in [0.2, 0.25) is 6.41 Å². The van der Waals surface area contributed by atoms with Gasteiger partial charge in [-0.05, 0) is 23.3 Å². The molecule has 2 aromatic rings. The Bertz CT molecular complexity index is 589. The number of halogens is 1. The van der Waals surface area contributed by atoms with Crippen LogP contribution in [0.4, 0.5) is 5.69 Å². The van der Waals surface area contributed by atoms with Crippen molar-refractivity contribution in [2.24, 2.45) is 0 Å². The molecule has 0 aliphatic heterocycles. The normalized spacial score (nSPS) is 11.7. The van der Waals surface area contributed by atoms with E-state index in [9.17, 15) is 9.90 Å². The van der Waals surface area contributed by atoms with E-state index >= 15 is 0 Å². The molecule has 0 bridgehead atoms. The molecule has 1 amide bonds. The highest BCUT2D eigenvalue weighted by molar-refractivity contribution is 9.09. The zero-order valence-electron chi connectivity index (χ0n) is 11.3. The predicted octanol–water partition coefficient (Wildman–Crippen LogP) is 3.26. The average molecular weight is 350 g/mol. The van der Waals surface area contributed by atoms with Crippen molar-refractivity contribution in [3.8, 4) is 5.75 Å². The third kappa shape index (κ3) is 4.31. The largest absolute Gasteiger partial charge is 0.487 e. The maximum atomic E-state index is 10.7. The Morgan fingerprint density at radius 3 is 2.67 bits per heavy atom. The third-order valence-electron chi connectivity index (χ3n) is 2.99. The van der Waals surface area contributed by atoms with Crippen LogP contribution in [0.5, 0.6) is 5.75 Å². The minimum atomic E-state index is -0.625. The van der Waals surface area contributed by atoms with Crippen LogP contribution in [0.3, 0.4) is 0 Å². The Labute approximate surface area is 131 Å². The number of aliphatic hydroxyl groups is 1. The summed E-state index contributed by atoms with van der Waals surface area (Å²) in [6.45, 7) is 0.411. The van der Waals surface area contributed by atoms with Gasteiger partial charge in [0.1, 0.15) is 12.4 Å². The fraction of sp³-hybridized carbons (Fsp3) is 0.188. The van der Waals surface area contributed by atoms with Gasteiger partial charge < -0.3 is 15.2 Å². The number of anilines is 1. The van der Waals surface area contributed by atoms with E-state index in [1.54, 1.807) is 18.2 Å². The van der Waals surface area contributed by atoms with Gasteiger partial charge in [-0.15, -0.1) is 0 Å². The Hall–Kier alpha value is -1.85. The average Bonchev–Trinajstić information content (AvgIpc) is 2.54. The smallest absolute Gasteiger partial charge is 0.211 e. The lowest BCUT2D eigenvalue weighted by Crippen LogP contribution is -2.04. The van der Waals surface area contributed by atoms with Crippen LogP contribution < -0.4 is 10.1 Å². The van der Waals surface area contributed by atoms with E-state index in [0.29, 0.717) is 35.3 Å². The van der Waals surface area contributed by atoms with Gasteiger partial charge in [0.05, 0.1) is 11.8 Å². The summed E-state index contributed by atoms with van der Waals surface area (Å²) in [5, 5.41) is 12.8. The predicted molar refractivity (Wildman–Crippen MR) is 85.7 cm³/mol. The molecular formula is C16H16BrNO3. The quantitative estimate of drug-likeness (QED) is 0.595. The molecule has 2 aromatic carbocycles. The molecular weight excluding hydrogens is 334 g/mol. The fourth-order valence-corrected chi connectivity index (χ4v) is 2.26. The van der Waals surface area contributed by atoms with Gasteiger partial charge in [0.15, 0.2) is 0 Å². The standard InChI is InChI=1S/C16H16BrNO3/c17-9-15(20)13-6-7-16(14(8-13)18-11-19)21-10-12-4-2-1-3-5-12/h1-8,11,15,20H,9-10H2,(H,18,19)/t15-/m1/s1. The summed E-state index contributed by atoms with van der Waals surface area (Å²) in [6, 6.07) is 15.0. The number of aliphatic hydroxyl groups excluding tert-OH is 1. The lowest BCUT2D eigenvalue weighted by molar-refractivity contribution is -0.105. The van der Waals surface area contributed by atoms with Crippen molar-refractivity contribution >= 4 is 28.0 Å². The zero-order chi connectivity index (χ0) is 15.1. The van der Waals surface area contributed by atoms with Gasteiger partial charge in [0.25, 0.3) is 0 Å². The third-order valence-corrected chi connectivity index (χ3v) is 3.60. The van der Waals surface area contributed by atoms with Crippen LogP contribution >= 0.6 is 15.9 Å². The minimum Gasteiger partial charge on any atom is -0.487 e. The summed E-state index contributed by atoms with van der Waals surface area (Å²) in [7, 11) is 0. The Morgan fingerprint density at radius 1 is 1.24 bits per heavy atom. The van der Waals surface area contributed by atoms with Crippen LogP contribution in [0.15, 0.2) is 48.5 Å². The van der Waals surface area contributed by atoms with Gasteiger partial charge in [-0.1, -0.05) is 52.3 Å². The van der Waals surface area contributed by atoms with Crippen molar-refractivity contribution in [1.29, 1.82) is 0 Å². The maximum absolute atomic E-state index is 10.7. The molecule has 0 saturated carbocycles. The number of carbonyl (C=O) groups excluding carboxylic acids is 1. The molecule has 21 heavy (non-hydrogen) atoms. The second-order valence-electron chi connectivity index (χ2n) is 4.46. The van der Waals surface area contributed by atoms with Crippen molar-refractivity contribution in [3.63, 3.8) is 0 Å². The van der Waals surface area contributed by atoms with E-state index in [-0.39, 0.29) is 0 Å². The lowest BCUT2D eigenvalue weighted by Gasteiger charge is -2.14. The van der Waals surface area contributed by atoms with Crippen molar-refractivity contribution in [3.05, 3.63) is 59.7 Å². The first-order chi connectivity index (χ1) is 10.2. The van der Waals surface area contributed by atoms with E-state index in [1.165, 1.54) is 0 Å². The van der Waals surface area contributed by atoms with Gasteiger partial charge >= 0.3 is 0 Å². The SMILES string of the molecule is O=CNc1cc([C@H](O)CBr)ccc1OCc1ccccc1. The summed E-state index contributed by atoms with van der Waals surface area (Å²) < 4.78 is 5.73. The second kappa shape index (κ2) is 7.81. The van der Waals surface area contributed by atoms with E-state index in [2.05, 4.69) is 21.2 Å². The van der Waals surface area contributed by atoms with E-state index in [1.807, 2.05) is 30.3 Å². The maximum Gasteiger partial charge on any atom is 0.211 e. The second-order valence-corrected chi connectivity index (χ2v) is 5.11. The molecule has 110 valence electrons. The molecule has 1 atom stereocenters. The van der Waals surface area contributed by atoms with Crippen molar-refractivity contribution in [2.75, 3.05) is 10.6 Å². The molecule has 0 heterocycles. The van der Waals surface area contributed by atoms with Gasteiger partial charge in [0, 0.05) is 5.33 Å². The van der Waals surface area contributed by atoms with Crippen LogP contribution in [-0.4, -0.2) is 16.8 Å². The molecule has 0 aromatic heterocycles. The summed E-state index contributed by atoms with van der Waals surface area (Å²) in [4.78, 5) is 10.7. The minimum absolute atomic E-state index is 0.411. The number of hydrogen-bond acceptors (Lipinski definition) is 3. The Balaban J connectivity index is 2.16. The first kappa shape index (κ1) is 15.5. The monoisotopic (exact) mass is 349 g/mol. The number of alkyl halides is 1. The van der Waals surface area contributed by atoms with E-state index in [4.69, 9.17) is 4.74 Å². The summed E-state index contributed by atoms with van der Waals surface area (Å²) >= 11 is 3.22. The van der Waals surface area contributed by atoms with Crippen molar-refractivity contribution in [2.45, 2.75) is 12.7 Å². The van der Waals surface area contributed by atoms with Crippen molar-refractivity contribution in [1.82, 2.24) is 0 Å². The van der Waals surface area contributed by atoms with Gasteiger partial charge in [-0.3, -0.25) is 4.79 Å². The van der Waals surface area contributed by atoms with Gasteiger partial charge in [-0.25, -0.2) is 0 Å². The van der Waals surface area contributed by atoms with E-state index in [0.717, 1.165) is 5.56 Å². The zero-order valence-corrected chi connectivity index (χ0v) is 12.9. The number of rotatable bonds is 7. The molecule has 0 saturated heterocycles. The molecule has 4 nitrogen and oxygen atoms in total. The molecule has 0 fully saturated rings. The number of hydrogen-bond donors (Lipinski definition) is 2. The fourth-order valence-electron chi connectivity index (χ4n) is 1.88. The molecule has 0 unspecified atom stereocenters. The number of benzene rings is 2. The molecule has 2 N–H and O–H groups in total. The highest BCUT2D eigenvalue weighted by atomic mass is 79.9. The summed E-state index contributed by atoms with van der Waals surface area (Å²) in [5.41, 5.74) is 2.29. The first-order valence-corrected chi connectivity index (χ1v) is 7.61.